The molecule has 0 amide bonds. The summed E-state index contributed by atoms with van der Waals surface area (Å²) in [5.41, 5.74) is 2.92. The summed E-state index contributed by atoms with van der Waals surface area (Å²) < 4.78 is 0. The molecule has 3 heteroatoms. The van der Waals surface area contributed by atoms with Crippen molar-refractivity contribution in [2.24, 2.45) is 0 Å². The van der Waals surface area contributed by atoms with Gasteiger partial charge in [0.25, 0.3) is 0 Å². The van der Waals surface area contributed by atoms with E-state index in [1.165, 1.54) is 0 Å². The van der Waals surface area contributed by atoms with Crippen LogP contribution in [0.1, 0.15) is 25.3 Å². The number of imidazole rings is 1. The molecule has 1 saturated carbocycles. The van der Waals surface area contributed by atoms with E-state index >= 15 is 0 Å². The SMILES string of the molecule is CC(=O)C1(c2ccc3nc[nH]c3c2)CC1. The van der Waals surface area contributed by atoms with Gasteiger partial charge >= 0.3 is 0 Å². The van der Waals surface area contributed by atoms with Crippen LogP contribution in [-0.2, 0) is 10.2 Å². The fourth-order valence-corrected chi connectivity index (χ4v) is 2.20. The van der Waals surface area contributed by atoms with Crippen molar-refractivity contribution in [1.82, 2.24) is 9.97 Å². The average molecular weight is 200 g/mol. The second kappa shape index (κ2) is 2.69. The van der Waals surface area contributed by atoms with Crippen molar-refractivity contribution in [3.8, 4) is 0 Å². The molecular weight excluding hydrogens is 188 g/mol. The smallest absolute Gasteiger partial charge is 0.140 e. The van der Waals surface area contributed by atoms with E-state index in [1.54, 1.807) is 13.3 Å². The Morgan fingerprint density at radius 2 is 2.27 bits per heavy atom. The van der Waals surface area contributed by atoms with E-state index in [0.29, 0.717) is 0 Å². The van der Waals surface area contributed by atoms with Gasteiger partial charge in [-0.25, -0.2) is 4.98 Å². The number of Topliss-reactive ketones (excluding diaryl/α,β-unsaturated/α-hetero) is 1. The molecule has 3 nitrogen and oxygen atoms in total. The van der Waals surface area contributed by atoms with Gasteiger partial charge < -0.3 is 4.98 Å². The maximum absolute atomic E-state index is 11.6. The molecule has 1 aromatic heterocycles. The van der Waals surface area contributed by atoms with Gasteiger partial charge in [-0.15, -0.1) is 0 Å². The third kappa shape index (κ3) is 1.12. The van der Waals surface area contributed by atoms with Gasteiger partial charge in [-0.2, -0.15) is 0 Å². The third-order valence-corrected chi connectivity index (χ3v) is 3.40. The van der Waals surface area contributed by atoms with E-state index in [1.807, 2.05) is 12.1 Å². The van der Waals surface area contributed by atoms with Crippen molar-refractivity contribution in [2.75, 3.05) is 0 Å². The summed E-state index contributed by atoms with van der Waals surface area (Å²) in [6, 6.07) is 6.05. The Balaban J connectivity index is 2.15. The zero-order chi connectivity index (χ0) is 10.5. The monoisotopic (exact) mass is 200 g/mol. The third-order valence-electron chi connectivity index (χ3n) is 3.40. The number of rotatable bonds is 2. The van der Waals surface area contributed by atoms with Crippen LogP contribution < -0.4 is 0 Å². The van der Waals surface area contributed by atoms with Crippen LogP contribution in [0.2, 0.25) is 0 Å². The first kappa shape index (κ1) is 8.65. The molecule has 76 valence electrons. The molecule has 0 saturated heterocycles. The zero-order valence-electron chi connectivity index (χ0n) is 8.58. The molecule has 2 aromatic rings. The first-order valence-corrected chi connectivity index (χ1v) is 5.17. The lowest BCUT2D eigenvalue weighted by atomic mass is 9.92. The molecule has 0 radical (unpaired) electrons. The molecule has 0 aliphatic heterocycles. The quantitative estimate of drug-likeness (QED) is 0.807. The summed E-state index contributed by atoms with van der Waals surface area (Å²) >= 11 is 0. The molecule has 15 heavy (non-hydrogen) atoms. The van der Waals surface area contributed by atoms with Crippen LogP contribution in [0, 0.1) is 0 Å². The second-order valence-corrected chi connectivity index (χ2v) is 4.27. The van der Waals surface area contributed by atoms with Crippen molar-refractivity contribution in [3.05, 3.63) is 30.1 Å². The molecule has 1 fully saturated rings. The first-order chi connectivity index (χ1) is 7.22. The van der Waals surface area contributed by atoms with Crippen molar-refractivity contribution in [2.45, 2.75) is 25.2 Å². The average Bonchev–Trinajstić information content (AvgIpc) is 2.91. The fourth-order valence-electron chi connectivity index (χ4n) is 2.20. The Bertz CT molecular complexity index is 537. The Hall–Kier alpha value is -1.64. The van der Waals surface area contributed by atoms with Crippen LogP contribution >= 0.6 is 0 Å². The molecule has 1 heterocycles. The lowest BCUT2D eigenvalue weighted by Gasteiger charge is -2.11. The highest BCUT2D eigenvalue weighted by Crippen LogP contribution is 2.49. The molecule has 1 aliphatic rings. The Labute approximate surface area is 87.5 Å². The number of carbonyl (C=O) groups is 1. The van der Waals surface area contributed by atoms with Crippen LogP contribution in [-0.4, -0.2) is 15.8 Å². The van der Waals surface area contributed by atoms with Crippen molar-refractivity contribution >= 4 is 16.8 Å². The molecule has 0 bridgehead atoms. The number of carbonyl (C=O) groups excluding carboxylic acids is 1. The van der Waals surface area contributed by atoms with E-state index in [0.717, 1.165) is 29.4 Å². The highest BCUT2D eigenvalue weighted by molar-refractivity contribution is 5.92. The summed E-state index contributed by atoms with van der Waals surface area (Å²) in [6.07, 6.45) is 3.66. The van der Waals surface area contributed by atoms with Crippen LogP contribution in [0.3, 0.4) is 0 Å². The highest BCUT2D eigenvalue weighted by Gasteiger charge is 2.48. The zero-order valence-corrected chi connectivity index (χ0v) is 8.58. The summed E-state index contributed by atoms with van der Waals surface area (Å²) in [6.45, 7) is 1.68. The molecule has 1 aromatic carbocycles. The Morgan fingerprint density at radius 3 is 2.93 bits per heavy atom. The van der Waals surface area contributed by atoms with E-state index in [9.17, 15) is 4.79 Å². The molecule has 1 N–H and O–H groups in total. The summed E-state index contributed by atoms with van der Waals surface area (Å²) in [7, 11) is 0. The molecular formula is C12H12N2O. The van der Waals surface area contributed by atoms with Gasteiger partial charge in [-0.3, -0.25) is 4.79 Å². The van der Waals surface area contributed by atoms with Crippen LogP contribution in [0.5, 0.6) is 0 Å². The van der Waals surface area contributed by atoms with Gasteiger partial charge in [0.05, 0.1) is 22.8 Å². The van der Waals surface area contributed by atoms with Crippen LogP contribution in [0.25, 0.3) is 11.0 Å². The van der Waals surface area contributed by atoms with Crippen molar-refractivity contribution < 1.29 is 4.79 Å². The Morgan fingerprint density at radius 1 is 1.47 bits per heavy atom. The number of benzene rings is 1. The molecule has 3 rings (SSSR count). The van der Waals surface area contributed by atoms with Crippen LogP contribution in [0.15, 0.2) is 24.5 Å². The van der Waals surface area contributed by atoms with Crippen LogP contribution in [0.4, 0.5) is 0 Å². The number of aromatic amines is 1. The maximum atomic E-state index is 11.6. The number of nitrogens with one attached hydrogen (secondary N) is 1. The van der Waals surface area contributed by atoms with E-state index < -0.39 is 0 Å². The highest BCUT2D eigenvalue weighted by atomic mass is 16.1. The van der Waals surface area contributed by atoms with Gasteiger partial charge in [-0.1, -0.05) is 6.07 Å². The lowest BCUT2D eigenvalue weighted by molar-refractivity contribution is -0.119. The minimum absolute atomic E-state index is 0.181. The van der Waals surface area contributed by atoms with E-state index in [2.05, 4.69) is 16.0 Å². The Kier molecular flexibility index (Phi) is 1.55. The largest absolute Gasteiger partial charge is 0.345 e. The number of H-pyrrole nitrogens is 1. The summed E-state index contributed by atoms with van der Waals surface area (Å²) in [5, 5.41) is 0. The van der Waals surface area contributed by atoms with Crippen molar-refractivity contribution in [3.63, 3.8) is 0 Å². The topological polar surface area (TPSA) is 45.8 Å². The number of ketones is 1. The van der Waals surface area contributed by atoms with Gasteiger partial charge in [0.15, 0.2) is 0 Å². The van der Waals surface area contributed by atoms with Gasteiger partial charge in [0.1, 0.15) is 5.78 Å². The van der Waals surface area contributed by atoms with Gasteiger partial charge in [-0.05, 0) is 37.5 Å². The summed E-state index contributed by atoms with van der Waals surface area (Å²) in [5.74, 6) is 0.279. The first-order valence-electron chi connectivity index (χ1n) is 5.17. The maximum Gasteiger partial charge on any atom is 0.140 e. The van der Waals surface area contributed by atoms with E-state index in [4.69, 9.17) is 0 Å². The predicted molar refractivity (Wildman–Crippen MR) is 57.7 cm³/mol. The second-order valence-electron chi connectivity index (χ2n) is 4.27. The normalized spacial score (nSPS) is 17.9. The number of fused-ring (bicyclic) bond motifs is 1. The number of nitrogens with zero attached hydrogens (tertiary/aromatic N) is 1. The van der Waals surface area contributed by atoms with Gasteiger partial charge in [0, 0.05) is 0 Å². The standard InChI is InChI=1S/C12H12N2O/c1-8(15)12(4-5-12)9-2-3-10-11(6-9)14-7-13-10/h2-3,6-7H,4-5H2,1H3,(H,13,14). The molecule has 0 atom stereocenters. The fraction of sp³-hybridized carbons (Fsp3) is 0.333. The van der Waals surface area contributed by atoms with E-state index in [-0.39, 0.29) is 11.2 Å². The molecule has 0 spiro atoms. The van der Waals surface area contributed by atoms with Crippen molar-refractivity contribution in [1.29, 1.82) is 0 Å². The minimum atomic E-state index is -0.181. The number of hydrogen-bond acceptors (Lipinski definition) is 2. The number of aromatic nitrogens is 2. The number of hydrogen-bond donors (Lipinski definition) is 1. The molecule has 0 unspecified atom stereocenters. The lowest BCUT2D eigenvalue weighted by Crippen LogP contribution is -2.16. The van der Waals surface area contributed by atoms with Gasteiger partial charge in [0.2, 0.25) is 0 Å². The minimum Gasteiger partial charge on any atom is -0.345 e. The molecule has 1 aliphatic carbocycles. The summed E-state index contributed by atoms with van der Waals surface area (Å²) in [4.78, 5) is 18.8. The predicted octanol–water partition coefficient (Wildman–Crippen LogP) is 2.18.